The minimum absolute atomic E-state index is 0.396. The highest BCUT2D eigenvalue weighted by Gasteiger charge is 2.04. The fourth-order valence-corrected chi connectivity index (χ4v) is 1.61. The van der Waals surface area contributed by atoms with Crippen LogP contribution in [0, 0.1) is 0 Å². The number of hydrogen-bond acceptors (Lipinski definition) is 2. The van der Waals surface area contributed by atoms with E-state index in [0.717, 1.165) is 11.1 Å². The fourth-order valence-electron chi connectivity index (χ4n) is 1.16. The van der Waals surface area contributed by atoms with E-state index in [9.17, 15) is 0 Å². The van der Waals surface area contributed by atoms with Crippen LogP contribution in [0.3, 0.4) is 0 Å². The van der Waals surface area contributed by atoms with Crippen LogP contribution in [0.5, 0.6) is 0 Å². The average molecular weight is 225 g/mol. The van der Waals surface area contributed by atoms with Crippen molar-refractivity contribution in [1.82, 2.24) is 9.97 Å². The van der Waals surface area contributed by atoms with Crippen LogP contribution in [0.25, 0.3) is 11.1 Å². The summed E-state index contributed by atoms with van der Waals surface area (Å²) in [7, 11) is 0. The van der Waals surface area contributed by atoms with Crippen LogP contribution in [-0.4, -0.2) is 9.97 Å². The molecule has 2 heterocycles. The normalized spacial score (nSPS) is 10.1. The molecule has 14 heavy (non-hydrogen) atoms. The summed E-state index contributed by atoms with van der Waals surface area (Å²) in [6.07, 6.45) is 3.42. The zero-order valence-electron chi connectivity index (χ0n) is 7.11. The Bertz CT molecular complexity index is 443. The zero-order valence-corrected chi connectivity index (χ0v) is 8.63. The molecule has 4 heteroatoms. The van der Waals surface area contributed by atoms with Crippen LogP contribution in [0.4, 0.5) is 0 Å². The van der Waals surface area contributed by atoms with Gasteiger partial charge in [0.25, 0.3) is 0 Å². The molecular weight excluding hydrogens is 219 g/mol. The minimum Gasteiger partial charge on any atom is -0.265 e. The molecule has 0 bridgehead atoms. The van der Waals surface area contributed by atoms with E-state index in [0.29, 0.717) is 10.3 Å². The van der Waals surface area contributed by atoms with Gasteiger partial charge in [-0.15, -0.1) is 0 Å². The third kappa shape index (κ3) is 1.86. The molecule has 2 nitrogen and oxygen atoms in total. The van der Waals surface area contributed by atoms with Crippen molar-refractivity contribution < 1.29 is 0 Å². The summed E-state index contributed by atoms with van der Waals surface area (Å²) in [6, 6.07) is 7.30. The number of pyridine rings is 2. The van der Waals surface area contributed by atoms with Crippen LogP contribution >= 0.6 is 23.2 Å². The van der Waals surface area contributed by atoms with Crippen molar-refractivity contribution >= 4 is 23.2 Å². The SMILES string of the molecule is Clc1ccc(-c2ccncc2)c(Cl)n1. The van der Waals surface area contributed by atoms with Gasteiger partial charge >= 0.3 is 0 Å². The van der Waals surface area contributed by atoms with E-state index < -0.39 is 0 Å². The standard InChI is InChI=1S/C10H6Cl2N2/c11-9-2-1-8(10(12)14-9)7-3-5-13-6-4-7/h1-6H. The molecule has 0 saturated heterocycles. The van der Waals surface area contributed by atoms with Gasteiger partial charge < -0.3 is 0 Å². The average Bonchev–Trinajstić information content (AvgIpc) is 2.19. The van der Waals surface area contributed by atoms with Gasteiger partial charge in [0.2, 0.25) is 0 Å². The summed E-state index contributed by atoms with van der Waals surface area (Å²) in [4.78, 5) is 7.89. The first-order valence-corrected chi connectivity index (χ1v) is 4.75. The summed E-state index contributed by atoms with van der Waals surface area (Å²) in [5.74, 6) is 0. The van der Waals surface area contributed by atoms with Gasteiger partial charge in [0.05, 0.1) is 0 Å². The second kappa shape index (κ2) is 3.95. The van der Waals surface area contributed by atoms with Crippen LogP contribution in [-0.2, 0) is 0 Å². The Morgan fingerprint density at radius 3 is 2.29 bits per heavy atom. The molecule has 0 radical (unpaired) electrons. The third-order valence-corrected chi connectivity index (χ3v) is 2.30. The zero-order chi connectivity index (χ0) is 9.97. The van der Waals surface area contributed by atoms with Crippen molar-refractivity contribution in [2.45, 2.75) is 0 Å². The molecule has 0 spiro atoms. The topological polar surface area (TPSA) is 25.8 Å². The van der Waals surface area contributed by atoms with Crippen LogP contribution in [0.2, 0.25) is 10.3 Å². The summed E-state index contributed by atoms with van der Waals surface area (Å²) >= 11 is 11.6. The Balaban J connectivity index is 2.53. The van der Waals surface area contributed by atoms with Crippen molar-refractivity contribution in [3.05, 3.63) is 47.0 Å². The van der Waals surface area contributed by atoms with Crippen molar-refractivity contribution in [2.75, 3.05) is 0 Å². The highest BCUT2D eigenvalue weighted by atomic mass is 35.5. The number of aromatic nitrogens is 2. The molecule has 0 aromatic carbocycles. The summed E-state index contributed by atoms with van der Waals surface area (Å²) < 4.78 is 0. The van der Waals surface area contributed by atoms with E-state index in [1.54, 1.807) is 18.5 Å². The van der Waals surface area contributed by atoms with Crippen molar-refractivity contribution in [2.24, 2.45) is 0 Å². The fraction of sp³-hybridized carbons (Fsp3) is 0. The summed E-state index contributed by atoms with van der Waals surface area (Å²) in [5.41, 5.74) is 1.84. The van der Waals surface area contributed by atoms with E-state index in [1.165, 1.54) is 0 Å². The lowest BCUT2D eigenvalue weighted by Crippen LogP contribution is -1.83. The molecule has 0 aliphatic heterocycles. The van der Waals surface area contributed by atoms with Gasteiger partial charge in [-0.3, -0.25) is 4.98 Å². The summed E-state index contributed by atoms with van der Waals surface area (Å²) in [6.45, 7) is 0. The maximum Gasteiger partial charge on any atom is 0.138 e. The van der Waals surface area contributed by atoms with Crippen molar-refractivity contribution in [3.63, 3.8) is 0 Å². The maximum absolute atomic E-state index is 5.95. The van der Waals surface area contributed by atoms with E-state index in [2.05, 4.69) is 9.97 Å². The number of nitrogens with zero attached hydrogens (tertiary/aromatic N) is 2. The molecule has 0 aliphatic carbocycles. The van der Waals surface area contributed by atoms with E-state index in [4.69, 9.17) is 23.2 Å². The van der Waals surface area contributed by atoms with Crippen molar-refractivity contribution in [3.8, 4) is 11.1 Å². The van der Waals surface area contributed by atoms with Gasteiger partial charge in [0.1, 0.15) is 10.3 Å². The molecule has 0 unspecified atom stereocenters. The van der Waals surface area contributed by atoms with E-state index >= 15 is 0 Å². The van der Waals surface area contributed by atoms with Gasteiger partial charge in [-0.2, -0.15) is 0 Å². The third-order valence-electron chi connectivity index (χ3n) is 1.81. The molecule has 2 aromatic heterocycles. The molecule has 0 amide bonds. The smallest absolute Gasteiger partial charge is 0.138 e. The molecule has 0 aliphatic rings. The van der Waals surface area contributed by atoms with Gasteiger partial charge in [-0.25, -0.2) is 4.98 Å². The van der Waals surface area contributed by atoms with E-state index in [-0.39, 0.29) is 0 Å². The van der Waals surface area contributed by atoms with Crippen LogP contribution in [0.1, 0.15) is 0 Å². The molecule has 2 aromatic rings. The van der Waals surface area contributed by atoms with Crippen LogP contribution in [0.15, 0.2) is 36.7 Å². The molecular formula is C10H6Cl2N2. The second-order valence-electron chi connectivity index (χ2n) is 2.71. The lowest BCUT2D eigenvalue weighted by atomic mass is 10.1. The second-order valence-corrected chi connectivity index (χ2v) is 3.45. The Kier molecular flexibility index (Phi) is 2.66. The first-order chi connectivity index (χ1) is 6.77. The Morgan fingerprint density at radius 2 is 1.64 bits per heavy atom. The van der Waals surface area contributed by atoms with Crippen LogP contribution < -0.4 is 0 Å². The Labute approximate surface area is 91.5 Å². The lowest BCUT2D eigenvalue weighted by molar-refractivity contribution is 1.30. The summed E-state index contributed by atoms with van der Waals surface area (Å²) in [5, 5.41) is 0.802. The van der Waals surface area contributed by atoms with Gasteiger partial charge in [0.15, 0.2) is 0 Å². The number of hydrogen-bond donors (Lipinski definition) is 0. The maximum atomic E-state index is 5.95. The molecule has 0 saturated carbocycles. The number of rotatable bonds is 1. The van der Waals surface area contributed by atoms with Crippen molar-refractivity contribution in [1.29, 1.82) is 0 Å². The molecule has 70 valence electrons. The Hall–Kier alpha value is -1.12. The van der Waals surface area contributed by atoms with E-state index in [1.807, 2.05) is 18.2 Å². The quantitative estimate of drug-likeness (QED) is 0.694. The predicted octanol–water partition coefficient (Wildman–Crippen LogP) is 3.45. The predicted molar refractivity (Wildman–Crippen MR) is 57.5 cm³/mol. The lowest BCUT2D eigenvalue weighted by Gasteiger charge is -2.02. The molecule has 0 N–H and O–H groups in total. The number of halogens is 2. The largest absolute Gasteiger partial charge is 0.265 e. The molecule has 2 rings (SSSR count). The molecule has 0 atom stereocenters. The van der Waals surface area contributed by atoms with Gasteiger partial charge in [-0.1, -0.05) is 23.2 Å². The highest BCUT2D eigenvalue weighted by Crippen LogP contribution is 2.26. The van der Waals surface area contributed by atoms with Gasteiger partial charge in [-0.05, 0) is 29.8 Å². The molecule has 0 fully saturated rings. The first-order valence-electron chi connectivity index (χ1n) is 4.00. The minimum atomic E-state index is 0.396. The van der Waals surface area contributed by atoms with Gasteiger partial charge in [0, 0.05) is 18.0 Å². The highest BCUT2D eigenvalue weighted by molar-refractivity contribution is 6.34. The monoisotopic (exact) mass is 224 g/mol. The Morgan fingerprint density at radius 1 is 0.929 bits per heavy atom. The first kappa shape index (κ1) is 9.44.